The molecule has 0 spiro atoms. The Balaban J connectivity index is 1.84. The van der Waals surface area contributed by atoms with E-state index < -0.39 is 6.10 Å². The van der Waals surface area contributed by atoms with E-state index >= 15 is 0 Å². The van der Waals surface area contributed by atoms with Crippen LogP contribution in [0.4, 0.5) is 0 Å². The summed E-state index contributed by atoms with van der Waals surface area (Å²) in [7, 11) is 3.37. The molecule has 1 unspecified atom stereocenters. The highest BCUT2D eigenvalue weighted by Gasteiger charge is 2.19. The van der Waals surface area contributed by atoms with Crippen molar-refractivity contribution in [3.8, 4) is 5.75 Å². The number of aliphatic hydroxyl groups excluding tert-OH is 1. The van der Waals surface area contributed by atoms with Crippen LogP contribution in [0.25, 0.3) is 11.2 Å². The van der Waals surface area contributed by atoms with Gasteiger partial charge in [-0.3, -0.25) is 4.79 Å². The SMILES string of the molecule is COc1ccc(Cl)cc1C(O)CNC(=O)c1cc(C)nc2c1nc(C)n2C. The van der Waals surface area contributed by atoms with Crippen LogP contribution in [0, 0.1) is 13.8 Å². The second-order valence-electron chi connectivity index (χ2n) is 6.31. The molecule has 0 aliphatic rings. The van der Waals surface area contributed by atoms with Crippen molar-refractivity contribution in [3.05, 3.63) is 51.9 Å². The summed E-state index contributed by atoms with van der Waals surface area (Å²) in [5.41, 5.74) is 2.83. The third-order valence-corrected chi connectivity index (χ3v) is 4.67. The van der Waals surface area contributed by atoms with Crippen molar-refractivity contribution >= 4 is 28.7 Å². The van der Waals surface area contributed by atoms with Gasteiger partial charge >= 0.3 is 0 Å². The van der Waals surface area contributed by atoms with Gasteiger partial charge < -0.3 is 19.7 Å². The van der Waals surface area contributed by atoms with Crippen molar-refractivity contribution < 1.29 is 14.6 Å². The van der Waals surface area contributed by atoms with E-state index in [4.69, 9.17) is 16.3 Å². The van der Waals surface area contributed by atoms with Crippen molar-refractivity contribution in [3.63, 3.8) is 0 Å². The number of benzene rings is 1. The number of carbonyl (C=O) groups excluding carboxylic acids is 1. The molecule has 3 aromatic rings. The molecule has 0 saturated heterocycles. The average molecular weight is 389 g/mol. The Bertz CT molecular complexity index is 1020. The maximum absolute atomic E-state index is 12.7. The molecule has 0 bridgehead atoms. The molecule has 0 fully saturated rings. The fourth-order valence-corrected chi connectivity index (χ4v) is 3.10. The van der Waals surface area contributed by atoms with Crippen LogP contribution in [-0.2, 0) is 7.05 Å². The normalized spacial score (nSPS) is 12.2. The molecule has 3 rings (SSSR count). The number of carbonyl (C=O) groups is 1. The first-order chi connectivity index (χ1) is 12.8. The van der Waals surface area contributed by atoms with Gasteiger partial charge in [-0.15, -0.1) is 0 Å². The number of rotatable bonds is 5. The van der Waals surface area contributed by atoms with E-state index in [9.17, 15) is 9.90 Å². The molecule has 2 heterocycles. The molecule has 1 atom stereocenters. The van der Waals surface area contributed by atoms with Crippen molar-refractivity contribution in [1.29, 1.82) is 0 Å². The topological polar surface area (TPSA) is 89.3 Å². The van der Waals surface area contributed by atoms with E-state index in [1.165, 1.54) is 7.11 Å². The van der Waals surface area contributed by atoms with Gasteiger partial charge in [-0.1, -0.05) is 11.6 Å². The number of hydrogen-bond donors (Lipinski definition) is 2. The lowest BCUT2D eigenvalue weighted by Crippen LogP contribution is -2.29. The number of aryl methyl sites for hydroxylation is 3. The highest BCUT2D eigenvalue weighted by atomic mass is 35.5. The maximum atomic E-state index is 12.7. The Morgan fingerprint density at radius 2 is 2.07 bits per heavy atom. The minimum absolute atomic E-state index is 0.00418. The summed E-state index contributed by atoms with van der Waals surface area (Å²) in [5.74, 6) is 0.938. The zero-order valence-electron chi connectivity index (χ0n) is 15.6. The van der Waals surface area contributed by atoms with Gasteiger partial charge in [0.2, 0.25) is 0 Å². The first-order valence-electron chi connectivity index (χ1n) is 8.42. The Kier molecular flexibility index (Phi) is 5.34. The zero-order valence-corrected chi connectivity index (χ0v) is 16.3. The molecule has 7 nitrogen and oxygen atoms in total. The number of aromatic nitrogens is 3. The number of nitrogens with zero attached hydrogens (tertiary/aromatic N) is 3. The molecular formula is C19H21ClN4O3. The number of fused-ring (bicyclic) bond motifs is 1. The number of amides is 1. The largest absolute Gasteiger partial charge is 0.496 e. The van der Waals surface area contributed by atoms with Gasteiger partial charge in [0.25, 0.3) is 5.91 Å². The van der Waals surface area contributed by atoms with Gasteiger partial charge in [-0.25, -0.2) is 9.97 Å². The number of pyridine rings is 1. The summed E-state index contributed by atoms with van der Waals surface area (Å²) < 4.78 is 7.09. The Morgan fingerprint density at radius 3 is 2.78 bits per heavy atom. The van der Waals surface area contributed by atoms with Gasteiger partial charge in [-0.05, 0) is 38.1 Å². The lowest BCUT2D eigenvalue weighted by atomic mass is 10.1. The summed E-state index contributed by atoms with van der Waals surface area (Å²) in [4.78, 5) is 21.6. The number of hydrogen-bond acceptors (Lipinski definition) is 5. The average Bonchev–Trinajstić information content (AvgIpc) is 2.93. The molecule has 2 N–H and O–H groups in total. The van der Waals surface area contributed by atoms with Crippen LogP contribution in [-0.4, -0.2) is 39.2 Å². The van der Waals surface area contributed by atoms with Gasteiger partial charge in [0.1, 0.15) is 17.1 Å². The van der Waals surface area contributed by atoms with E-state index in [1.807, 2.05) is 25.5 Å². The van der Waals surface area contributed by atoms with Crippen LogP contribution in [0.5, 0.6) is 5.75 Å². The number of ether oxygens (including phenoxy) is 1. The molecule has 0 aliphatic carbocycles. The molecule has 8 heteroatoms. The number of imidazole rings is 1. The maximum Gasteiger partial charge on any atom is 0.253 e. The fourth-order valence-electron chi connectivity index (χ4n) is 2.92. The molecule has 0 radical (unpaired) electrons. The lowest BCUT2D eigenvalue weighted by molar-refractivity contribution is 0.0916. The van der Waals surface area contributed by atoms with E-state index in [0.717, 1.165) is 5.82 Å². The number of aliphatic hydroxyl groups is 1. The minimum Gasteiger partial charge on any atom is -0.496 e. The monoisotopic (exact) mass is 388 g/mol. The molecule has 142 valence electrons. The summed E-state index contributed by atoms with van der Waals surface area (Å²) in [6, 6.07) is 6.66. The Hall–Kier alpha value is -2.64. The van der Waals surface area contributed by atoms with Crippen LogP contribution >= 0.6 is 11.6 Å². The van der Waals surface area contributed by atoms with E-state index in [-0.39, 0.29) is 12.5 Å². The quantitative estimate of drug-likeness (QED) is 0.701. The molecule has 0 aliphatic heterocycles. The lowest BCUT2D eigenvalue weighted by Gasteiger charge is -2.16. The van der Waals surface area contributed by atoms with Crippen molar-refractivity contribution in [2.75, 3.05) is 13.7 Å². The number of halogens is 1. The highest BCUT2D eigenvalue weighted by Crippen LogP contribution is 2.28. The predicted molar refractivity (Wildman–Crippen MR) is 103 cm³/mol. The van der Waals surface area contributed by atoms with Crippen molar-refractivity contribution in [1.82, 2.24) is 19.9 Å². The van der Waals surface area contributed by atoms with E-state index in [2.05, 4.69) is 15.3 Å². The third-order valence-electron chi connectivity index (χ3n) is 4.43. The first kappa shape index (κ1) is 19.1. The molecule has 2 aromatic heterocycles. The van der Waals surface area contributed by atoms with Gasteiger partial charge in [0, 0.05) is 29.9 Å². The Labute approximate surface area is 162 Å². The van der Waals surface area contributed by atoms with E-state index in [0.29, 0.717) is 38.8 Å². The van der Waals surface area contributed by atoms with Crippen LogP contribution in [0.15, 0.2) is 24.3 Å². The second-order valence-corrected chi connectivity index (χ2v) is 6.75. The fraction of sp³-hybridized carbons (Fsp3) is 0.316. The standard InChI is InChI=1S/C19H21ClN4O3/c1-10-7-14(17-18(22-10)24(3)11(2)23-17)19(26)21-9-15(25)13-8-12(20)5-6-16(13)27-4/h5-8,15,25H,9H2,1-4H3,(H,21,26). The number of methoxy groups -OCH3 is 1. The second kappa shape index (κ2) is 7.54. The van der Waals surface area contributed by atoms with Crippen molar-refractivity contribution in [2.24, 2.45) is 7.05 Å². The molecular weight excluding hydrogens is 368 g/mol. The van der Waals surface area contributed by atoms with Crippen LogP contribution < -0.4 is 10.1 Å². The smallest absolute Gasteiger partial charge is 0.253 e. The molecule has 1 amide bonds. The highest BCUT2D eigenvalue weighted by molar-refractivity contribution is 6.30. The summed E-state index contributed by atoms with van der Waals surface area (Å²) >= 11 is 6.00. The zero-order chi connectivity index (χ0) is 19.7. The predicted octanol–water partition coefficient (Wildman–Crippen LogP) is 2.71. The van der Waals surface area contributed by atoms with E-state index in [1.54, 1.807) is 24.3 Å². The van der Waals surface area contributed by atoms with Crippen molar-refractivity contribution in [2.45, 2.75) is 20.0 Å². The summed E-state index contributed by atoms with van der Waals surface area (Å²) in [5, 5.41) is 13.7. The van der Waals surface area contributed by atoms with Crippen LogP contribution in [0.3, 0.4) is 0 Å². The first-order valence-corrected chi connectivity index (χ1v) is 8.80. The summed E-state index contributed by atoms with van der Waals surface area (Å²) in [6.45, 7) is 3.68. The summed E-state index contributed by atoms with van der Waals surface area (Å²) in [6.07, 6.45) is -0.966. The van der Waals surface area contributed by atoms with Crippen LogP contribution in [0.1, 0.15) is 33.5 Å². The molecule has 27 heavy (non-hydrogen) atoms. The number of nitrogens with one attached hydrogen (secondary N) is 1. The van der Waals surface area contributed by atoms with Gasteiger partial charge in [0.15, 0.2) is 5.65 Å². The Morgan fingerprint density at radius 1 is 1.33 bits per heavy atom. The minimum atomic E-state index is -0.966. The van der Waals surface area contributed by atoms with Crippen LogP contribution in [0.2, 0.25) is 5.02 Å². The third kappa shape index (κ3) is 3.74. The molecule has 0 saturated carbocycles. The van der Waals surface area contributed by atoms with Gasteiger partial charge in [0.05, 0.1) is 18.8 Å². The molecule has 1 aromatic carbocycles. The van der Waals surface area contributed by atoms with Gasteiger partial charge in [-0.2, -0.15) is 0 Å².